The zero-order valence-corrected chi connectivity index (χ0v) is 12.2. The molecule has 0 atom stereocenters. The molecule has 1 N–H and O–H groups in total. The number of carbonyl (C=O) groups excluding carboxylic acids is 2. The molecule has 0 aliphatic carbocycles. The number of fused-ring (bicyclic) bond motifs is 1. The Balaban J connectivity index is 1.83. The summed E-state index contributed by atoms with van der Waals surface area (Å²) in [6.45, 7) is 1.48. The molecule has 0 saturated carbocycles. The lowest BCUT2D eigenvalue weighted by Gasteiger charge is -1.97. The lowest BCUT2D eigenvalue weighted by molar-refractivity contribution is 0.101. The van der Waals surface area contributed by atoms with Gasteiger partial charge in [0.15, 0.2) is 10.9 Å². The zero-order chi connectivity index (χ0) is 14.1. The maximum Gasteiger partial charge on any atom is 0.267 e. The fourth-order valence-corrected chi connectivity index (χ4v) is 3.41. The first kappa shape index (κ1) is 13.0. The third-order valence-electron chi connectivity index (χ3n) is 2.72. The molecule has 6 heteroatoms. The molecule has 2 heterocycles. The number of nitrogens with one attached hydrogen (secondary N) is 1. The van der Waals surface area contributed by atoms with Crippen molar-refractivity contribution in [1.82, 2.24) is 4.98 Å². The van der Waals surface area contributed by atoms with Crippen LogP contribution in [-0.2, 0) is 0 Å². The van der Waals surface area contributed by atoms with Gasteiger partial charge in [-0.1, -0.05) is 29.5 Å². The van der Waals surface area contributed by atoms with Crippen LogP contribution in [-0.4, -0.2) is 16.7 Å². The van der Waals surface area contributed by atoms with Gasteiger partial charge in [0.05, 0.1) is 16.0 Å². The number of rotatable bonds is 3. The molecule has 0 aliphatic heterocycles. The standard InChI is InChI=1S/C14H10N2O2S2/c1-8(17)12-7-15-14(20-12)16-13(18)11-6-9-4-2-3-5-10(9)19-11/h2-7H,1H3,(H,15,16,18). The second kappa shape index (κ2) is 5.15. The van der Waals surface area contributed by atoms with Gasteiger partial charge in [0, 0.05) is 11.6 Å². The Hall–Kier alpha value is -2.05. The smallest absolute Gasteiger partial charge is 0.267 e. The minimum absolute atomic E-state index is 0.0511. The van der Waals surface area contributed by atoms with Crippen LogP contribution in [0.5, 0.6) is 0 Å². The third kappa shape index (κ3) is 2.48. The van der Waals surface area contributed by atoms with Crippen LogP contribution >= 0.6 is 22.7 Å². The molecular weight excluding hydrogens is 292 g/mol. The van der Waals surface area contributed by atoms with E-state index in [4.69, 9.17) is 0 Å². The number of anilines is 1. The largest absolute Gasteiger partial charge is 0.297 e. The predicted molar refractivity (Wildman–Crippen MR) is 81.9 cm³/mol. The van der Waals surface area contributed by atoms with Crippen LogP contribution in [0.2, 0.25) is 0 Å². The van der Waals surface area contributed by atoms with Crippen molar-refractivity contribution in [2.24, 2.45) is 0 Å². The van der Waals surface area contributed by atoms with Gasteiger partial charge >= 0.3 is 0 Å². The molecule has 3 aromatic rings. The van der Waals surface area contributed by atoms with Crippen molar-refractivity contribution >= 4 is 49.6 Å². The zero-order valence-electron chi connectivity index (χ0n) is 10.5. The van der Waals surface area contributed by atoms with Crippen LogP contribution in [0.1, 0.15) is 26.3 Å². The monoisotopic (exact) mass is 302 g/mol. The van der Waals surface area contributed by atoms with E-state index in [0.29, 0.717) is 14.9 Å². The number of carbonyl (C=O) groups is 2. The SMILES string of the molecule is CC(=O)c1cnc(NC(=O)c2cc3ccccc3s2)s1. The minimum atomic E-state index is -0.198. The van der Waals surface area contributed by atoms with Crippen molar-refractivity contribution in [2.45, 2.75) is 6.92 Å². The molecule has 1 amide bonds. The van der Waals surface area contributed by atoms with Gasteiger partial charge in [0.25, 0.3) is 5.91 Å². The number of aromatic nitrogens is 1. The molecule has 0 spiro atoms. The summed E-state index contributed by atoms with van der Waals surface area (Å²) in [6.07, 6.45) is 1.48. The highest BCUT2D eigenvalue weighted by atomic mass is 32.1. The molecule has 3 rings (SSSR count). The number of hydrogen-bond donors (Lipinski definition) is 1. The summed E-state index contributed by atoms with van der Waals surface area (Å²) in [7, 11) is 0. The fraction of sp³-hybridized carbons (Fsp3) is 0.0714. The average Bonchev–Trinajstić information content (AvgIpc) is 3.04. The van der Waals surface area contributed by atoms with E-state index in [9.17, 15) is 9.59 Å². The average molecular weight is 302 g/mol. The first-order chi connectivity index (χ1) is 9.63. The summed E-state index contributed by atoms with van der Waals surface area (Å²) in [5.41, 5.74) is 0. The first-order valence-corrected chi connectivity index (χ1v) is 7.53. The second-order valence-corrected chi connectivity index (χ2v) is 6.30. The molecule has 0 bridgehead atoms. The van der Waals surface area contributed by atoms with E-state index in [1.54, 1.807) is 0 Å². The van der Waals surface area contributed by atoms with Gasteiger partial charge in [0.1, 0.15) is 0 Å². The normalized spacial score (nSPS) is 10.7. The highest BCUT2D eigenvalue weighted by Crippen LogP contribution is 2.26. The number of thiophene rings is 1. The van der Waals surface area contributed by atoms with Crippen molar-refractivity contribution in [3.63, 3.8) is 0 Å². The van der Waals surface area contributed by atoms with Crippen molar-refractivity contribution in [3.05, 3.63) is 46.3 Å². The number of Topliss-reactive ketones (excluding diaryl/α,β-unsaturated/α-hetero) is 1. The molecule has 0 aliphatic rings. The van der Waals surface area contributed by atoms with E-state index in [1.807, 2.05) is 30.3 Å². The number of benzene rings is 1. The summed E-state index contributed by atoms with van der Waals surface area (Å²) in [5.74, 6) is -0.250. The predicted octanol–water partition coefficient (Wildman–Crippen LogP) is 3.81. The van der Waals surface area contributed by atoms with Gasteiger partial charge in [-0.3, -0.25) is 14.9 Å². The Bertz CT molecular complexity index is 771. The maximum absolute atomic E-state index is 12.1. The number of amides is 1. The van der Waals surface area contributed by atoms with Crippen molar-refractivity contribution in [1.29, 1.82) is 0 Å². The fourth-order valence-electron chi connectivity index (χ4n) is 1.75. The molecule has 100 valence electrons. The van der Waals surface area contributed by atoms with Crippen LogP contribution in [0.3, 0.4) is 0 Å². The highest BCUT2D eigenvalue weighted by molar-refractivity contribution is 7.21. The maximum atomic E-state index is 12.1. The Morgan fingerprint density at radius 3 is 2.65 bits per heavy atom. The van der Waals surface area contributed by atoms with Crippen molar-refractivity contribution < 1.29 is 9.59 Å². The summed E-state index contributed by atoms with van der Waals surface area (Å²) in [4.78, 5) is 28.5. The van der Waals surface area contributed by atoms with E-state index in [0.717, 1.165) is 10.1 Å². The topological polar surface area (TPSA) is 59.1 Å². The van der Waals surface area contributed by atoms with Crippen LogP contribution in [0.4, 0.5) is 5.13 Å². The van der Waals surface area contributed by atoms with Crippen molar-refractivity contribution in [2.75, 3.05) is 5.32 Å². The Labute approximate surface area is 123 Å². The Morgan fingerprint density at radius 1 is 1.15 bits per heavy atom. The summed E-state index contributed by atoms with van der Waals surface area (Å²) in [5, 5.41) is 4.21. The van der Waals surface area contributed by atoms with Gasteiger partial charge in [-0.05, 0) is 17.5 Å². The number of hydrogen-bond acceptors (Lipinski definition) is 5. The molecule has 20 heavy (non-hydrogen) atoms. The van der Waals surface area contributed by atoms with E-state index >= 15 is 0 Å². The molecule has 0 fully saturated rings. The molecule has 2 aromatic heterocycles. The van der Waals surface area contributed by atoms with Crippen LogP contribution in [0.15, 0.2) is 36.5 Å². The lowest BCUT2D eigenvalue weighted by atomic mass is 10.2. The minimum Gasteiger partial charge on any atom is -0.297 e. The summed E-state index contributed by atoms with van der Waals surface area (Å²) in [6, 6.07) is 9.69. The van der Waals surface area contributed by atoms with Crippen LogP contribution in [0, 0.1) is 0 Å². The van der Waals surface area contributed by atoms with Gasteiger partial charge in [-0.25, -0.2) is 4.98 Å². The first-order valence-electron chi connectivity index (χ1n) is 5.90. The van der Waals surface area contributed by atoms with E-state index in [-0.39, 0.29) is 11.7 Å². The van der Waals surface area contributed by atoms with Crippen LogP contribution in [0.25, 0.3) is 10.1 Å². The van der Waals surface area contributed by atoms with Crippen LogP contribution < -0.4 is 5.32 Å². The third-order valence-corrected chi connectivity index (χ3v) is 4.85. The Morgan fingerprint density at radius 2 is 1.95 bits per heavy atom. The quantitative estimate of drug-likeness (QED) is 0.748. The molecule has 0 radical (unpaired) electrons. The molecular formula is C14H10N2O2S2. The second-order valence-electron chi connectivity index (χ2n) is 4.19. The lowest BCUT2D eigenvalue weighted by Crippen LogP contribution is -2.09. The summed E-state index contributed by atoms with van der Waals surface area (Å²) < 4.78 is 1.07. The van der Waals surface area contributed by atoms with E-state index in [2.05, 4.69) is 10.3 Å². The van der Waals surface area contributed by atoms with Gasteiger partial charge in [-0.15, -0.1) is 11.3 Å². The molecule has 0 saturated heterocycles. The molecule has 1 aromatic carbocycles. The van der Waals surface area contributed by atoms with Gasteiger partial charge in [0.2, 0.25) is 0 Å². The number of thiazole rings is 1. The number of ketones is 1. The molecule has 4 nitrogen and oxygen atoms in total. The van der Waals surface area contributed by atoms with Gasteiger partial charge < -0.3 is 0 Å². The van der Waals surface area contributed by atoms with E-state index < -0.39 is 0 Å². The summed E-state index contributed by atoms with van der Waals surface area (Å²) >= 11 is 2.62. The Kier molecular flexibility index (Phi) is 3.33. The van der Waals surface area contributed by atoms with E-state index in [1.165, 1.54) is 35.8 Å². The highest BCUT2D eigenvalue weighted by Gasteiger charge is 2.13. The number of nitrogens with zero attached hydrogens (tertiary/aromatic N) is 1. The molecule has 0 unspecified atom stereocenters. The van der Waals surface area contributed by atoms with Gasteiger partial charge in [-0.2, -0.15) is 0 Å². The van der Waals surface area contributed by atoms with Crippen molar-refractivity contribution in [3.8, 4) is 0 Å².